The maximum Gasteiger partial charge on any atom is 0.229 e. The Hall–Kier alpha value is -2.27. The first-order valence-corrected chi connectivity index (χ1v) is 6.58. The molecule has 5 heteroatoms. The fourth-order valence-electron chi connectivity index (χ4n) is 2.13. The zero-order valence-electron chi connectivity index (χ0n) is 11.4. The normalized spacial score (nSPS) is 13.0. The summed E-state index contributed by atoms with van der Waals surface area (Å²) in [7, 11) is 0. The highest BCUT2D eigenvalue weighted by Gasteiger charge is 2.19. The van der Waals surface area contributed by atoms with Crippen LogP contribution in [0.25, 0.3) is 10.8 Å². The standard InChI is InChI=1S/C15H16N4O/c1-9(2)15-18-14(19-20-15)13(16)12-8-17-7-10-5-3-4-6-11(10)12/h3-9,13H,16H2,1-2H3. The van der Waals surface area contributed by atoms with Crippen LogP contribution in [0.15, 0.2) is 41.2 Å². The van der Waals surface area contributed by atoms with E-state index < -0.39 is 6.04 Å². The summed E-state index contributed by atoms with van der Waals surface area (Å²) in [6.45, 7) is 4.00. The molecular weight excluding hydrogens is 252 g/mol. The van der Waals surface area contributed by atoms with Crippen molar-refractivity contribution in [1.29, 1.82) is 0 Å². The van der Waals surface area contributed by atoms with Gasteiger partial charge in [-0.25, -0.2) is 0 Å². The highest BCUT2D eigenvalue weighted by Crippen LogP contribution is 2.25. The molecule has 0 saturated carbocycles. The smallest absolute Gasteiger partial charge is 0.229 e. The van der Waals surface area contributed by atoms with Gasteiger partial charge in [-0.05, 0) is 5.39 Å². The molecule has 1 atom stereocenters. The molecular formula is C15H16N4O. The summed E-state index contributed by atoms with van der Waals surface area (Å²) < 4.78 is 5.22. The van der Waals surface area contributed by atoms with Crippen LogP contribution in [0.2, 0.25) is 0 Å². The van der Waals surface area contributed by atoms with Crippen LogP contribution in [0.3, 0.4) is 0 Å². The molecule has 0 fully saturated rings. The second-order valence-corrected chi connectivity index (χ2v) is 5.07. The maximum atomic E-state index is 6.27. The first-order valence-electron chi connectivity index (χ1n) is 6.58. The SMILES string of the molecule is CC(C)c1nc(C(N)c2cncc3ccccc23)no1. The Bertz CT molecular complexity index is 730. The van der Waals surface area contributed by atoms with Crippen molar-refractivity contribution in [3.05, 3.63) is 53.9 Å². The molecule has 2 heterocycles. The molecule has 0 aliphatic rings. The molecule has 2 aromatic heterocycles. The lowest BCUT2D eigenvalue weighted by molar-refractivity contribution is 0.359. The molecule has 1 unspecified atom stereocenters. The van der Waals surface area contributed by atoms with Gasteiger partial charge in [-0.1, -0.05) is 43.3 Å². The van der Waals surface area contributed by atoms with Crippen molar-refractivity contribution in [1.82, 2.24) is 15.1 Å². The number of hydrogen-bond acceptors (Lipinski definition) is 5. The Morgan fingerprint density at radius 3 is 2.70 bits per heavy atom. The van der Waals surface area contributed by atoms with Gasteiger partial charge in [0.2, 0.25) is 5.89 Å². The number of hydrogen-bond donors (Lipinski definition) is 1. The highest BCUT2D eigenvalue weighted by molar-refractivity contribution is 5.85. The van der Waals surface area contributed by atoms with E-state index in [1.165, 1.54) is 0 Å². The average molecular weight is 268 g/mol. The Kier molecular flexibility index (Phi) is 3.20. The predicted molar refractivity (Wildman–Crippen MR) is 76.2 cm³/mol. The lowest BCUT2D eigenvalue weighted by atomic mass is 10.0. The van der Waals surface area contributed by atoms with E-state index in [1.54, 1.807) is 6.20 Å². The van der Waals surface area contributed by atoms with Crippen molar-refractivity contribution in [2.24, 2.45) is 5.73 Å². The number of fused-ring (bicyclic) bond motifs is 1. The lowest BCUT2D eigenvalue weighted by Gasteiger charge is -2.10. The average Bonchev–Trinajstić information content (AvgIpc) is 2.96. The van der Waals surface area contributed by atoms with Gasteiger partial charge >= 0.3 is 0 Å². The molecule has 1 aromatic carbocycles. The maximum absolute atomic E-state index is 6.27. The van der Waals surface area contributed by atoms with Crippen LogP contribution >= 0.6 is 0 Å². The van der Waals surface area contributed by atoms with Crippen molar-refractivity contribution in [2.75, 3.05) is 0 Å². The second kappa shape index (κ2) is 5.02. The first-order chi connectivity index (χ1) is 9.66. The monoisotopic (exact) mass is 268 g/mol. The molecule has 102 valence electrons. The minimum absolute atomic E-state index is 0.189. The molecule has 5 nitrogen and oxygen atoms in total. The van der Waals surface area contributed by atoms with Gasteiger partial charge in [0.05, 0.1) is 6.04 Å². The van der Waals surface area contributed by atoms with Crippen LogP contribution < -0.4 is 5.73 Å². The summed E-state index contributed by atoms with van der Waals surface area (Å²) in [5.74, 6) is 1.28. The number of pyridine rings is 1. The molecule has 0 aliphatic carbocycles. The summed E-state index contributed by atoms with van der Waals surface area (Å²) in [6, 6.07) is 7.55. The first kappa shape index (κ1) is 12.7. The van der Waals surface area contributed by atoms with Gasteiger partial charge in [0.15, 0.2) is 5.82 Å². The molecule has 0 aliphatic heterocycles. The molecule has 0 spiro atoms. The predicted octanol–water partition coefficient (Wildman–Crippen LogP) is 2.79. The number of benzene rings is 1. The van der Waals surface area contributed by atoms with Crippen molar-refractivity contribution >= 4 is 10.8 Å². The van der Waals surface area contributed by atoms with Crippen LogP contribution in [-0.4, -0.2) is 15.1 Å². The van der Waals surface area contributed by atoms with Crippen LogP contribution in [0.4, 0.5) is 0 Å². The zero-order chi connectivity index (χ0) is 14.1. The van der Waals surface area contributed by atoms with E-state index in [1.807, 2.05) is 44.3 Å². The van der Waals surface area contributed by atoms with E-state index in [0.29, 0.717) is 11.7 Å². The van der Waals surface area contributed by atoms with Gasteiger partial charge in [-0.3, -0.25) is 4.98 Å². The fourth-order valence-corrected chi connectivity index (χ4v) is 2.13. The summed E-state index contributed by atoms with van der Waals surface area (Å²) in [4.78, 5) is 8.60. The third kappa shape index (κ3) is 2.16. The molecule has 3 aromatic rings. The zero-order valence-corrected chi connectivity index (χ0v) is 11.4. The number of aromatic nitrogens is 3. The Balaban J connectivity index is 2.05. The highest BCUT2D eigenvalue weighted by atomic mass is 16.5. The van der Waals surface area contributed by atoms with Gasteiger partial charge in [0.1, 0.15) is 0 Å². The van der Waals surface area contributed by atoms with Gasteiger partial charge in [0.25, 0.3) is 0 Å². The molecule has 0 bridgehead atoms. The number of nitrogens with two attached hydrogens (primary N) is 1. The third-order valence-electron chi connectivity index (χ3n) is 3.26. The molecule has 2 N–H and O–H groups in total. The number of nitrogens with zero attached hydrogens (tertiary/aromatic N) is 3. The molecule has 0 saturated heterocycles. The van der Waals surface area contributed by atoms with E-state index in [2.05, 4.69) is 15.1 Å². The Morgan fingerprint density at radius 1 is 1.15 bits per heavy atom. The molecule has 3 rings (SSSR count). The summed E-state index contributed by atoms with van der Waals surface area (Å²) >= 11 is 0. The summed E-state index contributed by atoms with van der Waals surface area (Å²) in [5.41, 5.74) is 7.17. The van der Waals surface area contributed by atoms with Crippen molar-refractivity contribution < 1.29 is 4.52 Å². The van der Waals surface area contributed by atoms with E-state index in [-0.39, 0.29) is 5.92 Å². The Morgan fingerprint density at radius 2 is 1.95 bits per heavy atom. The van der Waals surface area contributed by atoms with Gasteiger partial charge < -0.3 is 10.3 Å². The van der Waals surface area contributed by atoms with Crippen LogP contribution in [-0.2, 0) is 0 Å². The summed E-state index contributed by atoms with van der Waals surface area (Å²) in [6.07, 6.45) is 3.58. The third-order valence-corrected chi connectivity index (χ3v) is 3.26. The van der Waals surface area contributed by atoms with Crippen LogP contribution in [0, 0.1) is 0 Å². The minimum atomic E-state index is -0.440. The van der Waals surface area contributed by atoms with Crippen molar-refractivity contribution in [2.45, 2.75) is 25.8 Å². The van der Waals surface area contributed by atoms with E-state index in [4.69, 9.17) is 10.3 Å². The van der Waals surface area contributed by atoms with E-state index >= 15 is 0 Å². The van der Waals surface area contributed by atoms with Gasteiger partial charge in [0, 0.05) is 29.3 Å². The molecule has 20 heavy (non-hydrogen) atoms. The number of rotatable bonds is 3. The largest absolute Gasteiger partial charge is 0.339 e. The second-order valence-electron chi connectivity index (χ2n) is 5.07. The summed E-state index contributed by atoms with van der Waals surface area (Å²) in [5, 5.41) is 6.09. The van der Waals surface area contributed by atoms with Crippen LogP contribution in [0.1, 0.15) is 43.1 Å². The van der Waals surface area contributed by atoms with Crippen molar-refractivity contribution in [3.63, 3.8) is 0 Å². The minimum Gasteiger partial charge on any atom is -0.339 e. The van der Waals surface area contributed by atoms with E-state index in [9.17, 15) is 0 Å². The topological polar surface area (TPSA) is 77.8 Å². The van der Waals surface area contributed by atoms with Gasteiger partial charge in [-0.15, -0.1) is 0 Å². The van der Waals surface area contributed by atoms with Gasteiger partial charge in [-0.2, -0.15) is 4.98 Å². The fraction of sp³-hybridized carbons (Fsp3) is 0.267. The van der Waals surface area contributed by atoms with Crippen LogP contribution in [0.5, 0.6) is 0 Å². The Labute approximate surface area is 116 Å². The lowest BCUT2D eigenvalue weighted by Crippen LogP contribution is -2.14. The molecule has 0 radical (unpaired) electrons. The van der Waals surface area contributed by atoms with E-state index in [0.717, 1.165) is 16.3 Å². The molecule has 0 amide bonds. The quantitative estimate of drug-likeness (QED) is 0.790. The van der Waals surface area contributed by atoms with Crippen molar-refractivity contribution in [3.8, 4) is 0 Å².